The van der Waals surface area contributed by atoms with Gasteiger partial charge in [0.05, 0.1) is 5.54 Å². The highest BCUT2D eigenvalue weighted by Crippen LogP contribution is 2.26. The lowest BCUT2D eigenvalue weighted by molar-refractivity contribution is -0.138. The number of aryl methyl sites for hydroxylation is 1. The molecule has 2 aliphatic rings. The van der Waals surface area contributed by atoms with Crippen LogP contribution in [0.3, 0.4) is 0 Å². The summed E-state index contributed by atoms with van der Waals surface area (Å²) in [6.45, 7) is 10.7. The van der Waals surface area contributed by atoms with Crippen LogP contribution in [0.15, 0.2) is 6.07 Å². The minimum atomic E-state index is -0.145. The van der Waals surface area contributed by atoms with E-state index in [2.05, 4.69) is 25.9 Å². The topological polar surface area (TPSA) is 58.4 Å². The molecule has 0 N–H and O–H groups in total. The summed E-state index contributed by atoms with van der Waals surface area (Å²) in [5, 5.41) is 4.53. The Balaban J connectivity index is 1.59. The molecule has 0 spiro atoms. The van der Waals surface area contributed by atoms with Gasteiger partial charge in [-0.2, -0.15) is 5.10 Å². The number of hydrogen-bond donors (Lipinski definition) is 0. The van der Waals surface area contributed by atoms with Gasteiger partial charge in [0.15, 0.2) is 5.69 Å². The molecule has 6 nitrogen and oxygen atoms in total. The lowest BCUT2D eigenvalue weighted by Gasteiger charge is -2.37. The van der Waals surface area contributed by atoms with Crippen LogP contribution < -0.4 is 0 Å². The second-order valence-corrected chi connectivity index (χ2v) is 8.71. The van der Waals surface area contributed by atoms with Gasteiger partial charge in [-0.25, -0.2) is 0 Å². The third-order valence-electron chi connectivity index (χ3n) is 5.57. The van der Waals surface area contributed by atoms with Crippen molar-refractivity contribution in [3.8, 4) is 0 Å². The van der Waals surface area contributed by atoms with Crippen LogP contribution in [0.2, 0.25) is 0 Å². The van der Waals surface area contributed by atoms with Crippen molar-refractivity contribution >= 4 is 11.8 Å². The standard InChI is InChI=1S/C20H32N4O2/c1-15-14-17(21-24(15)20(2,3)4)19(26)23-12-10-22(11-13-23)18(25)16-8-6-5-7-9-16/h14,16H,5-13H2,1-4H3. The van der Waals surface area contributed by atoms with Crippen molar-refractivity contribution in [2.24, 2.45) is 5.92 Å². The molecule has 0 bridgehead atoms. The van der Waals surface area contributed by atoms with Crippen LogP contribution in [0.1, 0.15) is 69.1 Å². The molecule has 2 heterocycles. The van der Waals surface area contributed by atoms with Crippen LogP contribution in [0.4, 0.5) is 0 Å². The fraction of sp³-hybridized carbons (Fsp3) is 0.750. The SMILES string of the molecule is Cc1cc(C(=O)N2CCN(C(=O)C3CCCCC3)CC2)nn1C(C)(C)C. The largest absolute Gasteiger partial charge is 0.339 e. The van der Waals surface area contributed by atoms with Gasteiger partial charge >= 0.3 is 0 Å². The van der Waals surface area contributed by atoms with Crippen molar-refractivity contribution in [1.29, 1.82) is 0 Å². The van der Waals surface area contributed by atoms with Crippen molar-refractivity contribution in [3.05, 3.63) is 17.5 Å². The summed E-state index contributed by atoms with van der Waals surface area (Å²) in [5.41, 5.74) is 1.35. The van der Waals surface area contributed by atoms with Gasteiger partial charge in [0.1, 0.15) is 0 Å². The maximum Gasteiger partial charge on any atom is 0.274 e. The zero-order valence-corrected chi connectivity index (χ0v) is 16.6. The molecule has 26 heavy (non-hydrogen) atoms. The monoisotopic (exact) mass is 360 g/mol. The summed E-state index contributed by atoms with van der Waals surface area (Å²) in [6.07, 6.45) is 5.66. The van der Waals surface area contributed by atoms with Crippen molar-refractivity contribution < 1.29 is 9.59 Å². The first kappa shape index (κ1) is 18.9. The molecule has 0 atom stereocenters. The molecule has 6 heteroatoms. The second-order valence-electron chi connectivity index (χ2n) is 8.71. The normalized spacial score (nSPS) is 19.7. The first-order valence-corrected chi connectivity index (χ1v) is 9.92. The summed E-state index contributed by atoms with van der Waals surface area (Å²) >= 11 is 0. The van der Waals surface area contributed by atoms with Gasteiger partial charge in [-0.3, -0.25) is 14.3 Å². The Morgan fingerprint density at radius 3 is 2.12 bits per heavy atom. The van der Waals surface area contributed by atoms with Gasteiger partial charge in [-0.05, 0) is 46.6 Å². The average molecular weight is 361 g/mol. The number of aromatic nitrogens is 2. The second kappa shape index (κ2) is 7.41. The minimum Gasteiger partial charge on any atom is -0.339 e. The van der Waals surface area contributed by atoms with Gasteiger partial charge in [0.25, 0.3) is 5.91 Å². The van der Waals surface area contributed by atoms with E-state index in [4.69, 9.17) is 0 Å². The summed E-state index contributed by atoms with van der Waals surface area (Å²) in [6, 6.07) is 1.87. The summed E-state index contributed by atoms with van der Waals surface area (Å²) in [7, 11) is 0. The van der Waals surface area contributed by atoms with E-state index in [0.29, 0.717) is 37.8 Å². The molecular formula is C20H32N4O2. The summed E-state index contributed by atoms with van der Waals surface area (Å²) in [5.74, 6) is 0.474. The van der Waals surface area contributed by atoms with Gasteiger partial charge < -0.3 is 9.80 Å². The van der Waals surface area contributed by atoms with E-state index in [1.165, 1.54) is 19.3 Å². The predicted octanol–water partition coefficient (Wildman–Crippen LogP) is 2.81. The van der Waals surface area contributed by atoms with E-state index in [-0.39, 0.29) is 17.4 Å². The lowest BCUT2D eigenvalue weighted by Crippen LogP contribution is -2.52. The van der Waals surface area contributed by atoms with Crippen LogP contribution in [0.25, 0.3) is 0 Å². The summed E-state index contributed by atoms with van der Waals surface area (Å²) < 4.78 is 1.91. The molecule has 0 radical (unpaired) electrons. The highest BCUT2D eigenvalue weighted by molar-refractivity contribution is 5.92. The number of hydrogen-bond acceptors (Lipinski definition) is 3. The zero-order chi connectivity index (χ0) is 18.9. The Morgan fingerprint density at radius 2 is 1.58 bits per heavy atom. The predicted molar refractivity (Wildman–Crippen MR) is 101 cm³/mol. The third-order valence-corrected chi connectivity index (χ3v) is 5.57. The van der Waals surface area contributed by atoms with Gasteiger partial charge in [-0.15, -0.1) is 0 Å². The highest BCUT2D eigenvalue weighted by Gasteiger charge is 2.31. The van der Waals surface area contributed by atoms with E-state index < -0.39 is 0 Å². The zero-order valence-electron chi connectivity index (χ0n) is 16.6. The van der Waals surface area contributed by atoms with E-state index in [1.54, 1.807) is 0 Å². The van der Waals surface area contributed by atoms with Crippen LogP contribution in [0, 0.1) is 12.8 Å². The quantitative estimate of drug-likeness (QED) is 0.815. The van der Waals surface area contributed by atoms with Crippen LogP contribution in [-0.4, -0.2) is 57.6 Å². The van der Waals surface area contributed by atoms with Crippen LogP contribution >= 0.6 is 0 Å². The first-order valence-electron chi connectivity index (χ1n) is 9.92. The molecule has 144 valence electrons. The molecular weight excluding hydrogens is 328 g/mol. The molecule has 1 aromatic rings. The van der Waals surface area contributed by atoms with Crippen LogP contribution in [0.5, 0.6) is 0 Å². The highest BCUT2D eigenvalue weighted by atomic mass is 16.2. The Kier molecular flexibility index (Phi) is 5.39. The molecule has 0 unspecified atom stereocenters. The molecule has 1 aromatic heterocycles. The Hall–Kier alpha value is -1.85. The van der Waals surface area contributed by atoms with Gasteiger partial charge in [-0.1, -0.05) is 19.3 Å². The number of amides is 2. The number of carbonyl (C=O) groups excluding carboxylic acids is 2. The third kappa shape index (κ3) is 3.94. The maximum absolute atomic E-state index is 12.8. The maximum atomic E-state index is 12.8. The van der Waals surface area contributed by atoms with E-state index in [0.717, 1.165) is 18.5 Å². The van der Waals surface area contributed by atoms with Crippen molar-refractivity contribution in [2.75, 3.05) is 26.2 Å². The number of rotatable bonds is 2. The fourth-order valence-corrected chi connectivity index (χ4v) is 4.16. The molecule has 1 saturated carbocycles. The molecule has 2 amide bonds. The molecule has 0 aromatic carbocycles. The average Bonchev–Trinajstić information content (AvgIpc) is 3.03. The minimum absolute atomic E-state index is 0.0270. The molecule has 2 fully saturated rings. The Bertz CT molecular complexity index is 660. The van der Waals surface area contributed by atoms with Crippen molar-refractivity contribution in [1.82, 2.24) is 19.6 Å². The number of nitrogens with zero attached hydrogens (tertiary/aromatic N) is 4. The van der Waals surface area contributed by atoms with Crippen molar-refractivity contribution in [3.63, 3.8) is 0 Å². The lowest BCUT2D eigenvalue weighted by atomic mass is 9.88. The smallest absolute Gasteiger partial charge is 0.274 e. The molecule has 1 saturated heterocycles. The summed E-state index contributed by atoms with van der Waals surface area (Å²) in [4.78, 5) is 29.3. The molecule has 3 rings (SSSR count). The van der Waals surface area contributed by atoms with E-state index in [1.807, 2.05) is 27.5 Å². The van der Waals surface area contributed by atoms with Crippen molar-refractivity contribution in [2.45, 2.75) is 65.3 Å². The van der Waals surface area contributed by atoms with Gasteiger partial charge in [0.2, 0.25) is 5.91 Å². The molecule has 1 aliphatic carbocycles. The van der Waals surface area contributed by atoms with E-state index >= 15 is 0 Å². The van der Waals surface area contributed by atoms with Gasteiger partial charge in [0, 0.05) is 37.8 Å². The Morgan fingerprint density at radius 1 is 1.00 bits per heavy atom. The number of piperazine rings is 1. The van der Waals surface area contributed by atoms with E-state index in [9.17, 15) is 9.59 Å². The fourth-order valence-electron chi connectivity index (χ4n) is 4.16. The Labute approximate surface area is 156 Å². The first-order chi connectivity index (χ1) is 12.3. The number of carbonyl (C=O) groups is 2. The van der Waals surface area contributed by atoms with Crippen LogP contribution in [-0.2, 0) is 10.3 Å². The molecule has 1 aliphatic heterocycles.